The Hall–Kier alpha value is -1.67. The molecule has 3 fully saturated rings. The van der Waals surface area contributed by atoms with E-state index in [1.165, 1.54) is 0 Å². The van der Waals surface area contributed by atoms with E-state index in [-0.39, 0.29) is 30.6 Å². The number of urea groups is 1. The molecule has 2 aliphatic heterocycles. The summed E-state index contributed by atoms with van der Waals surface area (Å²) in [6.07, 6.45) is 4.40. The van der Waals surface area contributed by atoms with Gasteiger partial charge in [-0.2, -0.15) is 5.01 Å². The molecule has 2 saturated heterocycles. The molecular weight excluding hydrogens is 312 g/mol. The van der Waals surface area contributed by atoms with Gasteiger partial charge in [0.25, 0.3) is 11.8 Å². The van der Waals surface area contributed by atoms with Crippen LogP contribution >= 0.6 is 0 Å². The SMILES string of the molecule is C[C@@H]1C[NH+](CC(=O)NN2C(=O)NC3(CCCCC3)C2=O)C[C@@H](C)O1. The van der Waals surface area contributed by atoms with E-state index >= 15 is 0 Å². The Labute approximate surface area is 141 Å². The zero-order valence-corrected chi connectivity index (χ0v) is 14.4. The normalized spacial score (nSPS) is 32.8. The standard InChI is InChI=1S/C16H26N4O4/c1-11-8-19(9-12(2)24-11)10-13(21)18-20-14(22)16(17-15(20)23)6-4-3-5-7-16/h11-12H,3-10H2,1-2H3,(H,17,23)(H,18,21)/p+1/t11-,12-/m1/s1. The van der Waals surface area contributed by atoms with Crippen LogP contribution in [0.1, 0.15) is 46.0 Å². The minimum absolute atomic E-state index is 0.0961. The summed E-state index contributed by atoms with van der Waals surface area (Å²) in [6, 6.07) is -0.519. The van der Waals surface area contributed by atoms with Gasteiger partial charge >= 0.3 is 6.03 Å². The molecule has 1 aliphatic carbocycles. The first-order chi connectivity index (χ1) is 11.4. The van der Waals surface area contributed by atoms with Gasteiger partial charge in [-0.15, -0.1) is 0 Å². The third-order valence-electron chi connectivity index (χ3n) is 5.13. The first kappa shape index (κ1) is 17.2. The van der Waals surface area contributed by atoms with Gasteiger partial charge < -0.3 is 15.0 Å². The third-order valence-corrected chi connectivity index (χ3v) is 5.13. The quantitative estimate of drug-likeness (QED) is 0.573. The van der Waals surface area contributed by atoms with E-state index in [0.29, 0.717) is 12.8 Å². The van der Waals surface area contributed by atoms with E-state index in [9.17, 15) is 14.4 Å². The first-order valence-corrected chi connectivity index (χ1v) is 8.85. The molecule has 3 N–H and O–H groups in total. The van der Waals surface area contributed by atoms with Crippen molar-refractivity contribution < 1.29 is 24.0 Å². The van der Waals surface area contributed by atoms with Gasteiger partial charge in [-0.05, 0) is 26.7 Å². The molecular formula is C16H27N4O4+. The minimum atomic E-state index is -0.808. The molecule has 0 unspecified atom stereocenters. The van der Waals surface area contributed by atoms with E-state index in [4.69, 9.17) is 4.74 Å². The van der Waals surface area contributed by atoms with Crippen LogP contribution in [0.2, 0.25) is 0 Å². The first-order valence-electron chi connectivity index (χ1n) is 8.85. The van der Waals surface area contributed by atoms with Crippen molar-refractivity contribution in [2.75, 3.05) is 19.6 Å². The van der Waals surface area contributed by atoms with Crippen LogP contribution in [0.15, 0.2) is 0 Å². The van der Waals surface area contributed by atoms with Crippen molar-refractivity contribution in [2.45, 2.75) is 63.7 Å². The van der Waals surface area contributed by atoms with E-state index in [2.05, 4.69) is 10.7 Å². The fourth-order valence-corrected chi connectivity index (χ4v) is 4.14. The summed E-state index contributed by atoms with van der Waals surface area (Å²) in [7, 11) is 0. The second kappa shape index (κ2) is 6.68. The molecule has 4 amide bonds. The average molecular weight is 339 g/mol. The van der Waals surface area contributed by atoms with Crippen LogP contribution in [0.25, 0.3) is 0 Å². The van der Waals surface area contributed by atoms with E-state index in [1.54, 1.807) is 0 Å². The van der Waals surface area contributed by atoms with Crippen LogP contribution in [-0.4, -0.2) is 60.2 Å². The van der Waals surface area contributed by atoms with Gasteiger partial charge in [-0.25, -0.2) is 4.79 Å². The zero-order chi connectivity index (χ0) is 17.3. The number of imide groups is 1. The van der Waals surface area contributed by atoms with Crippen molar-refractivity contribution in [3.8, 4) is 0 Å². The largest absolute Gasteiger partial charge is 0.364 e. The van der Waals surface area contributed by atoms with Crippen LogP contribution in [0, 0.1) is 0 Å². The maximum atomic E-state index is 12.6. The number of amides is 4. The number of quaternary nitrogens is 1. The smallest absolute Gasteiger partial charge is 0.344 e. The molecule has 1 spiro atoms. The number of hydrogen-bond donors (Lipinski definition) is 3. The Morgan fingerprint density at radius 3 is 2.50 bits per heavy atom. The highest BCUT2D eigenvalue weighted by Crippen LogP contribution is 2.32. The number of hydrogen-bond acceptors (Lipinski definition) is 4. The number of carbonyl (C=O) groups excluding carboxylic acids is 3. The van der Waals surface area contributed by atoms with Crippen LogP contribution in [0.3, 0.4) is 0 Å². The number of rotatable bonds is 3. The van der Waals surface area contributed by atoms with Crippen molar-refractivity contribution in [1.29, 1.82) is 0 Å². The Bertz CT molecular complexity index is 522. The van der Waals surface area contributed by atoms with Gasteiger partial charge in [-0.3, -0.25) is 15.0 Å². The third kappa shape index (κ3) is 3.39. The monoisotopic (exact) mass is 339 g/mol. The molecule has 24 heavy (non-hydrogen) atoms. The van der Waals surface area contributed by atoms with Gasteiger partial charge in [0.05, 0.1) is 0 Å². The molecule has 0 aromatic rings. The Balaban J connectivity index is 1.58. The van der Waals surface area contributed by atoms with Crippen LogP contribution in [-0.2, 0) is 14.3 Å². The van der Waals surface area contributed by atoms with Gasteiger partial charge in [0.1, 0.15) is 30.8 Å². The molecule has 134 valence electrons. The molecule has 0 aromatic heterocycles. The van der Waals surface area contributed by atoms with E-state index < -0.39 is 11.6 Å². The molecule has 8 heteroatoms. The van der Waals surface area contributed by atoms with E-state index in [0.717, 1.165) is 42.3 Å². The molecule has 2 atom stereocenters. The molecule has 8 nitrogen and oxygen atoms in total. The Morgan fingerprint density at radius 1 is 1.25 bits per heavy atom. The van der Waals surface area contributed by atoms with Crippen molar-refractivity contribution in [3.63, 3.8) is 0 Å². The lowest BCUT2D eigenvalue weighted by Gasteiger charge is -2.32. The molecule has 0 radical (unpaired) electrons. The second-order valence-electron chi connectivity index (χ2n) is 7.34. The van der Waals surface area contributed by atoms with Crippen molar-refractivity contribution in [3.05, 3.63) is 0 Å². The fourth-order valence-electron chi connectivity index (χ4n) is 4.14. The van der Waals surface area contributed by atoms with Gasteiger partial charge in [0.2, 0.25) is 0 Å². The van der Waals surface area contributed by atoms with Crippen molar-refractivity contribution in [1.82, 2.24) is 15.8 Å². The second-order valence-corrected chi connectivity index (χ2v) is 7.34. The Morgan fingerprint density at radius 2 is 1.88 bits per heavy atom. The van der Waals surface area contributed by atoms with Gasteiger partial charge in [-0.1, -0.05) is 19.3 Å². The van der Waals surface area contributed by atoms with Crippen LogP contribution in [0.5, 0.6) is 0 Å². The van der Waals surface area contributed by atoms with Crippen LogP contribution < -0.4 is 15.6 Å². The highest BCUT2D eigenvalue weighted by Gasteiger charge is 2.52. The van der Waals surface area contributed by atoms with Crippen LogP contribution in [0.4, 0.5) is 4.79 Å². The summed E-state index contributed by atoms with van der Waals surface area (Å²) in [4.78, 5) is 38.2. The minimum Gasteiger partial charge on any atom is -0.364 e. The summed E-state index contributed by atoms with van der Waals surface area (Å²) >= 11 is 0. The maximum Gasteiger partial charge on any atom is 0.344 e. The lowest BCUT2D eigenvalue weighted by molar-refractivity contribution is -0.907. The average Bonchev–Trinajstić information content (AvgIpc) is 2.71. The summed E-state index contributed by atoms with van der Waals surface area (Å²) in [5.74, 6) is -0.637. The lowest BCUT2D eigenvalue weighted by atomic mass is 9.82. The zero-order valence-electron chi connectivity index (χ0n) is 14.4. The predicted octanol–water partition coefficient (Wildman–Crippen LogP) is -1.04. The number of ether oxygens (including phenoxy) is 1. The number of carbonyl (C=O) groups is 3. The number of morpholine rings is 1. The maximum absolute atomic E-state index is 12.6. The summed E-state index contributed by atoms with van der Waals surface area (Å²) in [6.45, 7) is 5.67. The topological polar surface area (TPSA) is 92.2 Å². The van der Waals surface area contributed by atoms with Gasteiger partial charge in [0, 0.05) is 0 Å². The van der Waals surface area contributed by atoms with Crippen molar-refractivity contribution in [2.24, 2.45) is 0 Å². The highest BCUT2D eigenvalue weighted by atomic mass is 16.5. The molecule has 3 aliphatic rings. The predicted molar refractivity (Wildman–Crippen MR) is 84.9 cm³/mol. The molecule has 2 heterocycles. The Kier molecular flexibility index (Phi) is 4.78. The van der Waals surface area contributed by atoms with Gasteiger partial charge in [0.15, 0.2) is 6.54 Å². The highest BCUT2D eigenvalue weighted by molar-refractivity contribution is 6.08. The summed E-state index contributed by atoms with van der Waals surface area (Å²) in [5, 5.41) is 3.66. The number of nitrogens with one attached hydrogen (secondary N) is 3. The lowest BCUT2D eigenvalue weighted by Crippen LogP contribution is -3.16. The van der Waals surface area contributed by atoms with Crippen molar-refractivity contribution >= 4 is 17.8 Å². The fraction of sp³-hybridized carbons (Fsp3) is 0.812. The summed E-state index contributed by atoms with van der Waals surface area (Å²) in [5.41, 5.74) is 1.69. The number of hydrazine groups is 1. The van der Waals surface area contributed by atoms with E-state index in [1.807, 2.05) is 13.8 Å². The molecule has 0 bridgehead atoms. The summed E-state index contributed by atoms with van der Waals surface area (Å²) < 4.78 is 5.66. The molecule has 1 saturated carbocycles. The molecule has 0 aromatic carbocycles. The molecule has 3 rings (SSSR count). The number of nitrogens with zero attached hydrogens (tertiary/aromatic N) is 1.